The molecule has 0 unspecified atom stereocenters. The highest BCUT2D eigenvalue weighted by Crippen LogP contribution is 2.27. The van der Waals surface area contributed by atoms with E-state index in [1.807, 2.05) is 41.8 Å². The monoisotopic (exact) mass is 444 g/mol. The fourth-order valence-corrected chi connectivity index (χ4v) is 4.81. The van der Waals surface area contributed by atoms with E-state index >= 15 is 0 Å². The van der Waals surface area contributed by atoms with E-state index in [2.05, 4.69) is 33.8 Å². The lowest BCUT2D eigenvalue weighted by Crippen LogP contribution is -2.34. The van der Waals surface area contributed by atoms with E-state index in [4.69, 9.17) is 0 Å². The lowest BCUT2D eigenvalue weighted by Gasteiger charge is -2.09. The van der Waals surface area contributed by atoms with Crippen molar-refractivity contribution in [3.63, 3.8) is 0 Å². The largest absolute Gasteiger partial charge is 0.334 e. The van der Waals surface area contributed by atoms with Crippen LogP contribution in [-0.2, 0) is 13.1 Å². The zero-order valence-electron chi connectivity index (χ0n) is 17.4. The molecule has 5 rings (SSSR count). The molecular weight excluding hydrogens is 423 g/mol. The van der Waals surface area contributed by atoms with Gasteiger partial charge in [-0.05, 0) is 47.5 Å². The fourth-order valence-electron chi connectivity index (χ4n) is 3.76. The molecule has 0 aliphatic rings. The quantitative estimate of drug-likeness (QED) is 0.367. The number of halogens is 1. The second kappa shape index (κ2) is 8.43. The van der Waals surface area contributed by atoms with Crippen LogP contribution in [0, 0.1) is 12.7 Å². The number of nitrogens with one attached hydrogen (secondary N) is 2. The maximum atomic E-state index is 13.2. The summed E-state index contributed by atoms with van der Waals surface area (Å²) in [7, 11) is 0. The molecule has 2 amide bonds. The van der Waals surface area contributed by atoms with Crippen LogP contribution in [0.5, 0.6) is 0 Å². The number of carbonyl (C=O) groups is 1. The van der Waals surface area contributed by atoms with E-state index in [0.717, 1.165) is 43.1 Å². The number of nitrogens with zero attached hydrogens (tertiary/aromatic N) is 2. The number of aryl methyl sites for hydroxylation is 1. The van der Waals surface area contributed by atoms with Crippen LogP contribution in [-0.4, -0.2) is 15.4 Å². The molecule has 0 aliphatic heterocycles. The molecule has 2 heterocycles. The number of thiazole rings is 1. The number of fused-ring (bicyclic) bond motifs is 2. The third kappa shape index (κ3) is 3.94. The van der Waals surface area contributed by atoms with E-state index < -0.39 is 0 Å². The van der Waals surface area contributed by atoms with Crippen molar-refractivity contribution in [1.29, 1.82) is 0 Å². The second-order valence-corrected chi connectivity index (χ2v) is 8.63. The average molecular weight is 445 g/mol. The van der Waals surface area contributed by atoms with Gasteiger partial charge in [-0.2, -0.15) is 0 Å². The smallest absolute Gasteiger partial charge is 0.315 e. The minimum absolute atomic E-state index is 0.213. The van der Waals surface area contributed by atoms with E-state index in [1.165, 1.54) is 23.5 Å². The Kier molecular flexibility index (Phi) is 5.33. The Morgan fingerprint density at radius 1 is 1.00 bits per heavy atom. The zero-order valence-corrected chi connectivity index (χ0v) is 18.2. The Bertz CT molecular complexity index is 1420. The van der Waals surface area contributed by atoms with Crippen LogP contribution in [0.2, 0.25) is 0 Å². The van der Waals surface area contributed by atoms with Crippen LogP contribution in [0.4, 0.5) is 9.18 Å². The highest BCUT2D eigenvalue weighted by Gasteiger charge is 2.13. The molecule has 7 heteroatoms. The third-order valence-corrected chi connectivity index (χ3v) is 6.68. The summed E-state index contributed by atoms with van der Waals surface area (Å²) in [5.41, 5.74) is 3.78. The van der Waals surface area contributed by atoms with Crippen molar-refractivity contribution in [2.45, 2.75) is 20.0 Å². The predicted octanol–water partition coefficient (Wildman–Crippen LogP) is 5.66. The van der Waals surface area contributed by atoms with Crippen molar-refractivity contribution < 1.29 is 9.18 Å². The van der Waals surface area contributed by atoms with Crippen LogP contribution in [0.15, 0.2) is 72.9 Å². The molecule has 0 radical (unpaired) electrons. The molecule has 5 aromatic rings. The fraction of sp³-hybridized carbons (Fsp3) is 0.120. The average Bonchev–Trinajstić information content (AvgIpc) is 3.36. The highest BCUT2D eigenvalue weighted by molar-refractivity contribution is 7.17. The van der Waals surface area contributed by atoms with Gasteiger partial charge in [-0.25, -0.2) is 14.2 Å². The second-order valence-electron chi connectivity index (χ2n) is 7.57. The first-order valence-corrected chi connectivity index (χ1v) is 11.1. The van der Waals surface area contributed by atoms with Crippen molar-refractivity contribution in [3.8, 4) is 11.3 Å². The van der Waals surface area contributed by atoms with E-state index in [9.17, 15) is 9.18 Å². The van der Waals surface area contributed by atoms with Crippen molar-refractivity contribution in [2.24, 2.45) is 0 Å². The summed E-state index contributed by atoms with van der Waals surface area (Å²) in [5, 5.41) is 8.18. The lowest BCUT2D eigenvalue weighted by atomic mass is 10.0. The maximum absolute atomic E-state index is 13.2. The number of aromatic nitrogens is 2. The molecule has 0 spiro atoms. The van der Waals surface area contributed by atoms with Crippen LogP contribution in [0.1, 0.15) is 16.1 Å². The molecule has 3 aromatic carbocycles. The number of hydrogen-bond acceptors (Lipinski definition) is 3. The molecule has 0 saturated carbocycles. The first-order valence-electron chi connectivity index (χ1n) is 10.3. The first kappa shape index (κ1) is 20.2. The summed E-state index contributed by atoms with van der Waals surface area (Å²) in [6, 6.07) is 20.3. The van der Waals surface area contributed by atoms with Crippen molar-refractivity contribution in [1.82, 2.24) is 20.0 Å². The standard InChI is InChI=1S/C25H21FN4OS/c1-16-23(32-25-29-22(15-30(16)25)18-9-11-20(26)12-10-18)14-28-24(31)27-13-19-7-4-6-17-5-2-3-8-21(17)19/h2-12,15H,13-14H2,1H3,(H2,27,28,31). The molecule has 0 aliphatic carbocycles. The van der Waals surface area contributed by atoms with Crippen molar-refractivity contribution in [2.75, 3.05) is 0 Å². The number of amides is 2. The van der Waals surface area contributed by atoms with Crippen LogP contribution < -0.4 is 10.6 Å². The molecule has 5 nitrogen and oxygen atoms in total. The number of rotatable bonds is 5. The Balaban J connectivity index is 1.24. The lowest BCUT2D eigenvalue weighted by molar-refractivity contribution is 0.240. The number of hydrogen-bond donors (Lipinski definition) is 2. The molecular formula is C25H21FN4OS. The zero-order chi connectivity index (χ0) is 22.1. The molecule has 0 atom stereocenters. The highest BCUT2D eigenvalue weighted by atomic mass is 32.1. The van der Waals surface area contributed by atoms with Gasteiger partial charge in [0.15, 0.2) is 4.96 Å². The van der Waals surface area contributed by atoms with Gasteiger partial charge in [-0.15, -0.1) is 0 Å². The van der Waals surface area contributed by atoms with Gasteiger partial charge in [-0.1, -0.05) is 53.8 Å². The topological polar surface area (TPSA) is 58.4 Å². The van der Waals surface area contributed by atoms with E-state index in [0.29, 0.717) is 13.1 Å². The van der Waals surface area contributed by atoms with Crippen molar-refractivity contribution >= 4 is 33.1 Å². The Hall–Kier alpha value is -3.71. The molecule has 0 bridgehead atoms. The van der Waals surface area contributed by atoms with Gasteiger partial charge in [0.2, 0.25) is 0 Å². The van der Waals surface area contributed by atoms with Gasteiger partial charge in [-0.3, -0.25) is 4.40 Å². The summed E-state index contributed by atoms with van der Waals surface area (Å²) in [5.74, 6) is -0.266. The minimum atomic E-state index is -0.266. The van der Waals surface area contributed by atoms with Crippen LogP contribution in [0.3, 0.4) is 0 Å². The SMILES string of the molecule is Cc1c(CNC(=O)NCc2cccc3ccccc23)sc2nc(-c3ccc(F)cc3)cn12. The predicted molar refractivity (Wildman–Crippen MR) is 126 cm³/mol. The Morgan fingerprint density at radius 2 is 1.75 bits per heavy atom. The molecule has 160 valence electrons. The Labute approximate surface area is 188 Å². The van der Waals surface area contributed by atoms with Crippen molar-refractivity contribution in [3.05, 3.63) is 94.9 Å². The molecule has 2 aromatic heterocycles. The number of urea groups is 1. The van der Waals surface area contributed by atoms with Gasteiger partial charge in [0.1, 0.15) is 5.82 Å². The minimum Gasteiger partial charge on any atom is -0.334 e. The number of imidazole rings is 1. The summed E-state index contributed by atoms with van der Waals surface area (Å²) in [6.07, 6.45) is 1.94. The van der Waals surface area contributed by atoms with Gasteiger partial charge < -0.3 is 10.6 Å². The summed E-state index contributed by atoms with van der Waals surface area (Å²) >= 11 is 1.54. The molecule has 0 saturated heterocycles. The Morgan fingerprint density at radius 3 is 2.56 bits per heavy atom. The first-order chi connectivity index (χ1) is 15.6. The van der Waals surface area contributed by atoms with Crippen LogP contribution >= 0.6 is 11.3 Å². The normalized spacial score (nSPS) is 11.2. The van der Waals surface area contributed by atoms with E-state index in [-0.39, 0.29) is 11.8 Å². The number of carbonyl (C=O) groups excluding carboxylic acids is 1. The van der Waals surface area contributed by atoms with E-state index in [1.54, 1.807) is 12.1 Å². The maximum Gasteiger partial charge on any atom is 0.315 e. The van der Waals surface area contributed by atoms with Gasteiger partial charge >= 0.3 is 6.03 Å². The molecule has 2 N–H and O–H groups in total. The summed E-state index contributed by atoms with van der Waals surface area (Å²) in [4.78, 5) is 18.9. The molecule has 0 fully saturated rings. The molecule has 32 heavy (non-hydrogen) atoms. The van der Waals surface area contributed by atoms with Crippen LogP contribution in [0.25, 0.3) is 27.0 Å². The number of benzene rings is 3. The van der Waals surface area contributed by atoms with Gasteiger partial charge in [0, 0.05) is 28.9 Å². The summed E-state index contributed by atoms with van der Waals surface area (Å²) < 4.78 is 15.2. The van der Waals surface area contributed by atoms with Gasteiger partial charge in [0.25, 0.3) is 0 Å². The summed E-state index contributed by atoms with van der Waals surface area (Å²) in [6.45, 7) is 2.89. The third-order valence-electron chi connectivity index (χ3n) is 5.52. The van der Waals surface area contributed by atoms with Gasteiger partial charge in [0.05, 0.1) is 12.2 Å².